The van der Waals surface area contributed by atoms with Crippen LogP contribution >= 0.6 is 11.6 Å². The van der Waals surface area contributed by atoms with E-state index in [9.17, 15) is 4.79 Å². The van der Waals surface area contributed by atoms with Gasteiger partial charge in [0.25, 0.3) is 5.91 Å². The molecule has 94 valence electrons. The van der Waals surface area contributed by atoms with Gasteiger partial charge in [0.2, 0.25) is 0 Å². The molecule has 1 aliphatic heterocycles. The number of rotatable bonds is 2. The van der Waals surface area contributed by atoms with Crippen LogP contribution in [-0.2, 0) is 9.53 Å². The predicted octanol–water partition coefficient (Wildman–Crippen LogP) is 2.72. The second-order valence-electron chi connectivity index (χ2n) is 4.44. The van der Waals surface area contributed by atoms with Crippen LogP contribution in [-0.4, -0.2) is 18.1 Å². The Morgan fingerprint density at radius 3 is 3.00 bits per heavy atom. The third kappa shape index (κ3) is 2.47. The van der Waals surface area contributed by atoms with Crippen molar-refractivity contribution in [2.75, 3.05) is 11.9 Å². The van der Waals surface area contributed by atoms with Crippen molar-refractivity contribution < 1.29 is 9.53 Å². The molecule has 1 saturated heterocycles. The van der Waals surface area contributed by atoms with Crippen LogP contribution < -0.4 is 5.32 Å². The fourth-order valence-electron chi connectivity index (χ4n) is 1.90. The lowest BCUT2D eigenvalue weighted by atomic mass is 10.0. The second-order valence-corrected chi connectivity index (χ2v) is 4.85. The molecule has 1 unspecified atom stereocenters. The number of amides is 1. The standard InChI is InChI=1S/C13H13ClN2O2/c1-13(5-2-6-18-13)12(17)16-11-7-9(8-15)3-4-10(11)14/h3-4,7H,2,5-6H2,1H3,(H,16,17). The number of hydrogen-bond donors (Lipinski definition) is 1. The molecule has 2 rings (SSSR count). The Labute approximate surface area is 111 Å². The van der Waals surface area contributed by atoms with E-state index in [0.717, 1.165) is 6.42 Å². The molecule has 1 aromatic carbocycles. The first-order chi connectivity index (χ1) is 8.55. The number of carbonyl (C=O) groups is 1. The lowest BCUT2D eigenvalue weighted by Gasteiger charge is -2.22. The van der Waals surface area contributed by atoms with E-state index < -0.39 is 5.60 Å². The number of benzene rings is 1. The van der Waals surface area contributed by atoms with Gasteiger partial charge in [-0.3, -0.25) is 4.79 Å². The Bertz CT molecular complexity index is 516. The number of nitrogens with one attached hydrogen (secondary N) is 1. The summed E-state index contributed by atoms with van der Waals surface area (Å²) < 4.78 is 5.45. The summed E-state index contributed by atoms with van der Waals surface area (Å²) >= 11 is 5.98. The molecule has 0 aromatic heterocycles. The van der Waals surface area contributed by atoms with Gasteiger partial charge in [-0.2, -0.15) is 5.26 Å². The third-order valence-electron chi connectivity index (χ3n) is 3.04. The summed E-state index contributed by atoms with van der Waals surface area (Å²) in [5.41, 5.74) is 0.0936. The van der Waals surface area contributed by atoms with E-state index in [1.807, 2.05) is 6.07 Å². The summed E-state index contributed by atoms with van der Waals surface area (Å²) in [7, 11) is 0. The van der Waals surface area contributed by atoms with E-state index in [-0.39, 0.29) is 5.91 Å². The summed E-state index contributed by atoms with van der Waals surface area (Å²) in [6.07, 6.45) is 1.56. The van der Waals surface area contributed by atoms with Crippen molar-refractivity contribution in [1.29, 1.82) is 5.26 Å². The van der Waals surface area contributed by atoms with Crippen LogP contribution in [0.5, 0.6) is 0 Å². The highest BCUT2D eigenvalue weighted by molar-refractivity contribution is 6.33. The lowest BCUT2D eigenvalue weighted by molar-refractivity contribution is -0.133. The third-order valence-corrected chi connectivity index (χ3v) is 3.37. The molecule has 18 heavy (non-hydrogen) atoms. The summed E-state index contributed by atoms with van der Waals surface area (Å²) in [5.74, 6) is -0.225. The molecule has 5 heteroatoms. The van der Waals surface area contributed by atoms with Crippen LogP contribution in [0.2, 0.25) is 5.02 Å². The summed E-state index contributed by atoms with van der Waals surface area (Å²) in [4.78, 5) is 12.1. The van der Waals surface area contributed by atoms with Crippen molar-refractivity contribution in [1.82, 2.24) is 0 Å². The average Bonchev–Trinajstić information content (AvgIpc) is 2.80. The average molecular weight is 265 g/mol. The van der Waals surface area contributed by atoms with Gasteiger partial charge in [-0.15, -0.1) is 0 Å². The monoisotopic (exact) mass is 264 g/mol. The Morgan fingerprint density at radius 2 is 2.39 bits per heavy atom. The van der Waals surface area contributed by atoms with Gasteiger partial charge in [0.05, 0.1) is 22.3 Å². The van der Waals surface area contributed by atoms with Gasteiger partial charge in [0, 0.05) is 6.61 Å². The molecule has 0 aliphatic carbocycles. The highest BCUT2D eigenvalue weighted by atomic mass is 35.5. The minimum absolute atomic E-state index is 0.225. The fourth-order valence-corrected chi connectivity index (χ4v) is 2.07. The molecule has 4 nitrogen and oxygen atoms in total. The maximum atomic E-state index is 12.1. The first kappa shape index (κ1) is 12.9. The Kier molecular flexibility index (Phi) is 3.55. The quantitative estimate of drug-likeness (QED) is 0.893. The molecule has 0 saturated carbocycles. The minimum Gasteiger partial charge on any atom is -0.365 e. The highest BCUT2D eigenvalue weighted by Crippen LogP contribution is 2.29. The Balaban J connectivity index is 2.19. The van der Waals surface area contributed by atoms with Crippen LogP contribution in [0.4, 0.5) is 5.69 Å². The molecular formula is C13H13ClN2O2. The SMILES string of the molecule is CC1(C(=O)Nc2cc(C#N)ccc2Cl)CCCO1. The van der Waals surface area contributed by atoms with Gasteiger partial charge >= 0.3 is 0 Å². The molecule has 1 aromatic rings. The number of ether oxygens (including phenoxy) is 1. The molecule has 1 amide bonds. The number of hydrogen-bond acceptors (Lipinski definition) is 3. The number of carbonyl (C=O) groups excluding carboxylic acids is 1. The maximum absolute atomic E-state index is 12.1. The highest BCUT2D eigenvalue weighted by Gasteiger charge is 2.37. The van der Waals surface area contributed by atoms with E-state index in [1.165, 1.54) is 0 Å². The normalized spacial score (nSPS) is 22.5. The van der Waals surface area contributed by atoms with Gasteiger partial charge in [-0.05, 0) is 38.0 Å². The van der Waals surface area contributed by atoms with Crippen LogP contribution in [0.1, 0.15) is 25.3 Å². The number of nitrogens with zero attached hydrogens (tertiary/aromatic N) is 1. The molecule has 1 atom stereocenters. The summed E-state index contributed by atoms with van der Waals surface area (Å²) in [6, 6.07) is 6.75. The predicted molar refractivity (Wildman–Crippen MR) is 68.4 cm³/mol. The van der Waals surface area contributed by atoms with Gasteiger partial charge < -0.3 is 10.1 Å². The number of anilines is 1. The van der Waals surface area contributed by atoms with Crippen LogP contribution in [0.3, 0.4) is 0 Å². The van der Waals surface area contributed by atoms with Gasteiger partial charge in [0.1, 0.15) is 5.60 Å². The fraction of sp³-hybridized carbons (Fsp3) is 0.385. The van der Waals surface area contributed by atoms with Gasteiger partial charge in [-0.1, -0.05) is 11.6 Å². The van der Waals surface area contributed by atoms with Crippen LogP contribution in [0.15, 0.2) is 18.2 Å². The Hall–Kier alpha value is -1.57. The molecule has 1 heterocycles. The van der Waals surface area contributed by atoms with Crippen molar-refractivity contribution in [3.05, 3.63) is 28.8 Å². The number of halogens is 1. The molecule has 0 spiro atoms. The van der Waals surface area contributed by atoms with E-state index in [0.29, 0.717) is 29.3 Å². The van der Waals surface area contributed by atoms with E-state index >= 15 is 0 Å². The van der Waals surface area contributed by atoms with E-state index in [4.69, 9.17) is 21.6 Å². The Morgan fingerprint density at radius 1 is 1.61 bits per heavy atom. The molecule has 1 fully saturated rings. The molecule has 1 aliphatic rings. The minimum atomic E-state index is -0.800. The van der Waals surface area contributed by atoms with Crippen molar-refractivity contribution in [2.45, 2.75) is 25.4 Å². The lowest BCUT2D eigenvalue weighted by Crippen LogP contribution is -2.39. The van der Waals surface area contributed by atoms with Crippen molar-refractivity contribution in [3.8, 4) is 6.07 Å². The molecular weight excluding hydrogens is 252 g/mol. The molecule has 1 N–H and O–H groups in total. The van der Waals surface area contributed by atoms with Crippen molar-refractivity contribution >= 4 is 23.2 Å². The second kappa shape index (κ2) is 4.97. The summed E-state index contributed by atoms with van der Waals surface area (Å²) in [6.45, 7) is 2.35. The topological polar surface area (TPSA) is 62.1 Å². The zero-order valence-corrected chi connectivity index (χ0v) is 10.8. The number of nitriles is 1. The molecule has 0 bridgehead atoms. The van der Waals surface area contributed by atoms with Gasteiger partial charge in [0.15, 0.2) is 0 Å². The van der Waals surface area contributed by atoms with Crippen molar-refractivity contribution in [2.24, 2.45) is 0 Å². The zero-order valence-electron chi connectivity index (χ0n) is 10.00. The van der Waals surface area contributed by atoms with Crippen molar-refractivity contribution in [3.63, 3.8) is 0 Å². The summed E-state index contributed by atoms with van der Waals surface area (Å²) in [5, 5.41) is 11.9. The first-order valence-electron chi connectivity index (χ1n) is 5.70. The zero-order chi connectivity index (χ0) is 13.2. The van der Waals surface area contributed by atoms with Gasteiger partial charge in [-0.25, -0.2) is 0 Å². The van der Waals surface area contributed by atoms with E-state index in [2.05, 4.69) is 5.32 Å². The smallest absolute Gasteiger partial charge is 0.256 e. The first-order valence-corrected chi connectivity index (χ1v) is 6.08. The molecule has 0 radical (unpaired) electrons. The van der Waals surface area contributed by atoms with Crippen LogP contribution in [0.25, 0.3) is 0 Å². The van der Waals surface area contributed by atoms with E-state index in [1.54, 1.807) is 25.1 Å². The van der Waals surface area contributed by atoms with Crippen LogP contribution in [0, 0.1) is 11.3 Å². The largest absolute Gasteiger partial charge is 0.365 e. The maximum Gasteiger partial charge on any atom is 0.256 e.